The molecule has 1 N–H and O–H groups in total. The van der Waals surface area contributed by atoms with E-state index in [2.05, 4.69) is 26.8 Å². The second-order valence-corrected chi connectivity index (χ2v) is 7.04. The van der Waals surface area contributed by atoms with Gasteiger partial charge in [-0.25, -0.2) is 4.79 Å². The predicted octanol–water partition coefficient (Wildman–Crippen LogP) is 5.36. The van der Waals surface area contributed by atoms with Gasteiger partial charge in [0.2, 0.25) is 5.75 Å². The van der Waals surface area contributed by atoms with Gasteiger partial charge in [0.05, 0.1) is 6.10 Å². The van der Waals surface area contributed by atoms with E-state index >= 15 is 0 Å². The first-order valence-electron chi connectivity index (χ1n) is 9.16. The average Bonchev–Trinajstić information content (AvgIpc) is 2.58. The smallest absolute Gasteiger partial charge is 0.382 e. The van der Waals surface area contributed by atoms with E-state index < -0.39 is 11.4 Å². The van der Waals surface area contributed by atoms with Gasteiger partial charge < -0.3 is 19.0 Å². The molecule has 0 radical (unpaired) electrons. The molecule has 1 heterocycles. The molecule has 146 valence electrons. The Hall–Kier alpha value is -2.69. The molecule has 2 rings (SSSR count). The Labute approximate surface area is 159 Å². The summed E-state index contributed by atoms with van der Waals surface area (Å²) in [6.45, 7) is 10.3. The molecule has 0 spiro atoms. The van der Waals surface area contributed by atoms with Crippen molar-refractivity contribution >= 4 is 11.0 Å². The minimum absolute atomic E-state index is 0.0936. The molecule has 0 fully saturated rings. The summed E-state index contributed by atoms with van der Waals surface area (Å²) >= 11 is 0. The molecule has 1 aromatic carbocycles. The summed E-state index contributed by atoms with van der Waals surface area (Å²) in [5.41, 5.74) is 2.04. The lowest BCUT2D eigenvalue weighted by Crippen LogP contribution is -2.10. The molecule has 1 aromatic heterocycles. The standard InChI is InChI=1S/C22H28O5/c1-14(2)8-6-9-16(5)12-13-25-17-10-7-11-18-19(17)21(26-15(3)4)20(23)22(24)27-18/h7-8,10-12,15,23H,6,9,13H2,1-5H3/b16-12+. The third-order valence-electron chi connectivity index (χ3n) is 3.94. The first-order chi connectivity index (χ1) is 12.8. The summed E-state index contributed by atoms with van der Waals surface area (Å²) < 4.78 is 16.7. The summed E-state index contributed by atoms with van der Waals surface area (Å²) in [4.78, 5) is 11.8. The Kier molecular flexibility index (Phi) is 7.11. The fourth-order valence-corrected chi connectivity index (χ4v) is 2.61. The van der Waals surface area contributed by atoms with Gasteiger partial charge in [-0.05, 0) is 65.7 Å². The molecule has 5 heteroatoms. The van der Waals surface area contributed by atoms with Crippen LogP contribution in [0, 0.1) is 0 Å². The van der Waals surface area contributed by atoms with Gasteiger partial charge >= 0.3 is 5.63 Å². The van der Waals surface area contributed by atoms with Gasteiger partial charge in [-0.3, -0.25) is 0 Å². The lowest BCUT2D eigenvalue weighted by atomic mass is 10.1. The minimum Gasteiger partial charge on any atom is -0.499 e. The molecule has 27 heavy (non-hydrogen) atoms. The SMILES string of the molecule is CC(C)=CCC/C(C)=C/COc1cccc2oc(=O)c(O)c(OC(C)C)c12. The van der Waals surface area contributed by atoms with Crippen LogP contribution in [0.5, 0.6) is 17.2 Å². The van der Waals surface area contributed by atoms with Crippen LogP contribution in [0.4, 0.5) is 0 Å². The Morgan fingerprint density at radius 2 is 1.96 bits per heavy atom. The zero-order valence-electron chi connectivity index (χ0n) is 16.7. The van der Waals surface area contributed by atoms with Gasteiger partial charge in [-0.2, -0.15) is 0 Å². The van der Waals surface area contributed by atoms with Crippen LogP contribution in [0.15, 0.2) is 50.7 Å². The Morgan fingerprint density at radius 1 is 1.22 bits per heavy atom. The fourth-order valence-electron chi connectivity index (χ4n) is 2.61. The Morgan fingerprint density at radius 3 is 2.63 bits per heavy atom. The third kappa shape index (κ3) is 5.64. The summed E-state index contributed by atoms with van der Waals surface area (Å²) in [5.74, 6) is 0.0485. The molecular weight excluding hydrogens is 344 g/mol. The van der Waals surface area contributed by atoms with Crippen LogP contribution < -0.4 is 15.1 Å². The van der Waals surface area contributed by atoms with E-state index in [1.165, 1.54) is 11.1 Å². The molecule has 5 nitrogen and oxygen atoms in total. The van der Waals surface area contributed by atoms with Crippen LogP contribution in [-0.4, -0.2) is 17.8 Å². The van der Waals surface area contributed by atoms with Crippen LogP contribution in [0.1, 0.15) is 47.5 Å². The number of allylic oxidation sites excluding steroid dienone is 3. The van der Waals surface area contributed by atoms with Gasteiger partial charge in [-0.1, -0.05) is 23.3 Å². The molecule has 0 aliphatic carbocycles. The maximum absolute atomic E-state index is 11.8. The molecule has 0 aliphatic rings. The lowest BCUT2D eigenvalue weighted by molar-refractivity contribution is 0.230. The highest BCUT2D eigenvalue weighted by Crippen LogP contribution is 2.38. The summed E-state index contributed by atoms with van der Waals surface area (Å²) in [7, 11) is 0. The molecule has 0 unspecified atom stereocenters. The molecular formula is C22H28O5. The van der Waals surface area contributed by atoms with Crippen molar-refractivity contribution in [1.82, 2.24) is 0 Å². The van der Waals surface area contributed by atoms with Crippen molar-refractivity contribution in [1.29, 1.82) is 0 Å². The molecule has 0 saturated carbocycles. The second-order valence-electron chi connectivity index (χ2n) is 7.04. The predicted molar refractivity (Wildman–Crippen MR) is 108 cm³/mol. The van der Waals surface area contributed by atoms with Crippen molar-refractivity contribution < 1.29 is 19.0 Å². The van der Waals surface area contributed by atoms with Crippen molar-refractivity contribution in [3.8, 4) is 17.2 Å². The highest BCUT2D eigenvalue weighted by atomic mass is 16.5. The topological polar surface area (TPSA) is 68.9 Å². The summed E-state index contributed by atoms with van der Waals surface area (Å²) in [6, 6.07) is 5.15. The van der Waals surface area contributed by atoms with Crippen LogP contribution in [0.2, 0.25) is 0 Å². The van der Waals surface area contributed by atoms with E-state index in [1.54, 1.807) is 18.2 Å². The minimum atomic E-state index is -0.828. The fraction of sp³-hybridized carbons (Fsp3) is 0.409. The number of fused-ring (bicyclic) bond motifs is 1. The molecule has 0 amide bonds. The van der Waals surface area contributed by atoms with Gasteiger partial charge in [0.15, 0.2) is 5.75 Å². The summed E-state index contributed by atoms with van der Waals surface area (Å²) in [6.07, 6.45) is 6.00. The van der Waals surface area contributed by atoms with E-state index in [4.69, 9.17) is 13.9 Å². The first kappa shape index (κ1) is 20.6. The number of ether oxygens (including phenoxy) is 2. The highest BCUT2D eigenvalue weighted by Gasteiger charge is 2.19. The van der Waals surface area contributed by atoms with E-state index in [0.717, 1.165) is 12.8 Å². The number of benzene rings is 1. The molecule has 0 saturated heterocycles. The van der Waals surface area contributed by atoms with Crippen molar-refractivity contribution in [3.05, 3.63) is 51.9 Å². The number of rotatable bonds is 8. The van der Waals surface area contributed by atoms with Crippen molar-refractivity contribution in [2.24, 2.45) is 0 Å². The van der Waals surface area contributed by atoms with E-state index in [9.17, 15) is 9.90 Å². The molecule has 0 bridgehead atoms. The quantitative estimate of drug-likeness (QED) is 0.499. The van der Waals surface area contributed by atoms with Crippen molar-refractivity contribution in [2.45, 2.75) is 53.6 Å². The van der Waals surface area contributed by atoms with Crippen LogP contribution in [-0.2, 0) is 0 Å². The van der Waals surface area contributed by atoms with Gasteiger partial charge in [0, 0.05) is 0 Å². The first-order valence-corrected chi connectivity index (χ1v) is 9.16. The lowest BCUT2D eigenvalue weighted by Gasteiger charge is -2.15. The van der Waals surface area contributed by atoms with E-state index in [0.29, 0.717) is 23.3 Å². The number of hydrogen-bond acceptors (Lipinski definition) is 5. The Bertz CT molecular complexity index is 899. The van der Waals surface area contributed by atoms with Gasteiger partial charge in [0.1, 0.15) is 23.3 Å². The van der Waals surface area contributed by atoms with Crippen molar-refractivity contribution in [3.63, 3.8) is 0 Å². The number of hydrogen-bond donors (Lipinski definition) is 1. The highest BCUT2D eigenvalue weighted by molar-refractivity contribution is 5.91. The largest absolute Gasteiger partial charge is 0.499 e. The molecule has 0 aliphatic heterocycles. The third-order valence-corrected chi connectivity index (χ3v) is 3.94. The second kappa shape index (κ2) is 9.31. The average molecular weight is 372 g/mol. The van der Waals surface area contributed by atoms with Gasteiger partial charge in [-0.15, -0.1) is 0 Å². The monoisotopic (exact) mass is 372 g/mol. The van der Waals surface area contributed by atoms with E-state index in [-0.39, 0.29) is 11.9 Å². The zero-order valence-corrected chi connectivity index (χ0v) is 16.7. The Balaban J connectivity index is 2.27. The van der Waals surface area contributed by atoms with Crippen LogP contribution >= 0.6 is 0 Å². The number of aromatic hydroxyl groups is 1. The molecule has 0 atom stereocenters. The van der Waals surface area contributed by atoms with E-state index in [1.807, 2.05) is 19.9 Å². The zero-order chi connectivity index (χ0) is 20.0. The van der Waals surface area contributed by atoms with Crippen molar-refractivity contribution in [2.75, 3.05) is 6.61 Å². The maximum Gasteiger partial charge on any atom is 0.382 e. The maximum atomic E-state index is 11.8. The van der Waals surface area contributed by atoms with Crippen LogP contribution in [0.3, 0.4) is 0 Å². The molecule has 2 aromatic rings. The normalized spacial score (nSPS) is 11.7. The van der Waals surface area contributed by atoms with Gasteiger partial charge in [0.25, 0.3) is 0 Å². The summed E-state index contributed by atoms with van der Waals surface area (Å²) in [5, 5.41) is 10.6. The van der Waals surface area contributed by atoms with Crippen LogP contribution in [0.25, 0.3) is 11.0 Å².